The third-order valence-electron chi connectivity index (χ3n) is 2.28. The Bertz CT molecular complexity index is 499. The summed E-state index contributed by atoms with van der Waals surface area (Å²) in [5, 5.41) is 0. The molecule has 21 heavy (non-hydrogen) atoms. The van der Waals surface area contributed by atoms with Crippen LogP contribution in [0, 0.1) is 0 Å². The molecule has 2 N–H and O–H groups in total. The standard InChI is InChI=1S/C14H10O2.C3H9N.H2O/c15-13(11-7-3-1-4-8-11)14(16)12-9-5-2-6-10-12;1-4(2)3;/h1-10H;1-3H3;1H2. The van der Waals surface area contributed by atoms with Crippen LogP contribution in [0.25, 0.3) is 0 Å². The van der Waals surface area contributed by atoms with Gasteiger partial charge in [-0.25, -0.2) is 0 Å². The summed E-state index contributed by atoms with van der Waals surface area (Å²) in [6, 6.07) is 17.2. The van der Waals surface area contributed by atoms with Gasteiger partial charge in [-0.15, -0.1) is 0 Å². The van der Waals surface area contributed by atoms with Gasteiger partial charge >= 0.3 is 0 Å². The zero-order chi connectivity index (χ0) is 15.0. The maximum atomic E-state index is 11.8. The zero-order valence-corrected chi connectivity index (χ0v) is 12.5. The Morgan fingerprint density at radius 1 is 0.667 bits per heavy atom. The summed E-state index contributed by atoms with van der Waals surface area (Å²) in [4.78, 5) is 25.6. The lowest BCUT2D eigenvalue weighted by Crippen LogP contribution is -2.14. The maximum Gasteiger partial charge on any atom is 0.233 e. The van der Waals surface area contributed by atoms with Crippen molar-refractivity contribution in [2.45, 2.75) is 0 Å². The second kappa shape index (κ2) is 9.58. The van der Waals surface area contributed by atoms with E-state index in [0.29, 0.717) is 11.1 Å². The molecule has 0 bridgehead atoms. The van der Waals surface area contributed by atoms with E-state index in [2.05, 4.69) is 0 Å². The molecule has 2 rings (SSSR count). The third kappa shape index (κ3) is 6.61. The molecule has 112 valence electrons. The zero-order valence-electron chi connectivity index (χ0n) is 12.5. The van der Waals surface area contributed by atoms with E-state index in [1.807, 2.05) is 38.2 Å². The highest BCUT2D eigenvalue weighted by atomic mass is 16.2. The van der Waals surface area contributed by atoms with Crippen molar-refractivity contribution in [1.82, 2.24) is 4.90 Å². The van der Waals surface area contributed by atoms with Gasteiger partial charge in [-0.05, 0) is 21.1 Å². The highest BCUT2D eigenvalue weighted by molar-refractivity contribution is 6.49. The lowest BCUT2D eigenvalue weighted by molar-refractivity contribution is 0.0817. The van der Waals surface area contributed by atoms with Crippen LogP contribution in [0.15, 0.2) is 60.7 Å². The molecule has 2 aromatic carbocycles. The van der Waals surface area contributed by atoms with Crippen molar-refractivity contribution in [3.05, 3.63) is 71.8 Å². The second-order valence-corrected chi connectivity index (χ2v) is 4.73. The average Bonchev–Trinajstić information content (AvgIpc) is 2.47. The molecule has 0 aliphatic heterocycles. The van der Waals surface area contributed by atoms with E-state index in [1.165, 1.54) is 0 Å². The van der Waals surface area contributed by atoms with Crippen molar-refractivity contribution in [3.8, 4) is 0 Å². The molecule has 0 heterocycles. The number of benzene rings is 2. The summed E-state index contributed by atoms with van der Waals surface area (Å²) in [5.41, 5.74) is 0.854. The Balaban J connectivity index is 0.000000715. The number of nitrogens with zero attached hydrogens (tertiary/aromatic N) is 1. The van der Waals surface area contributed by atoms with Gasteiger partial charge in [-0.2, -0.15) is 0 Å². The van der Waals surface area contributed by atoms with E-state index < -0.39 is 11.6 Å². The van der Waals surface area contributed by atoms with Crippen LogP contribution in [0.5, 0.6) is 0 Å². The van der Waals surface area contributed by atoms with Crippen LogP contribution in [0.1, 0.15) is 20.7 Å². The van der Waals surface area contributed by atoms with E-state index in [4.69, 9.17) is 0 Å². The molecule has 0 aromatic heterocycles. The molecule has 0 unspecified atom stereocenters. The van der Waals surface area contributed by atoms with Crippen LogP contribution in [0.4, 0.5) is 0 Å². The predicted molar refractivity (Wildman–Crippen MR) is 84.8 cm³/mol. The Labute approximate surface area is 125 Å². The van der Waals surface area contributed by atoms with Gasteiger partial charge in [0.15, 0.2) is 0 Å². The summed E-state index contributed by atoms with van der Waals surface area (Å²) in [7, 11) is 6.00. The molecule has 0 spiro atoms. The van der Waals surface area contributed by atoms with Gasteiger partial charge in [0, 0.05) is 11.1 Å². The Hall–Kier alpha value is -2.30. The monoisotopic (exact) mass is 287 g/mol. The van der Waals surface area contributed by atoms with Gasteiger partial charge in [-0.3, -0.25) is 9.59 Å². The Morgan fingerprint density at radius 3 is 1.14 bits per heavy atom. The van der Waals surface area contributed by atoms with Gasteiger partial charge < -0.3 is 10.4 Å². The molecule has 0 saturated carbocycles. The quantitative estimate of drug-likeness (QED) is 0.641. The van der Waals surface area contributed by atoms with Crippen LogP contribution in [-0.2, 0) is 0 Å². The lowest BCUT2D eigenvalue weighted by atomic mass is 10.0. The predicted octanol–water partition coefficient (Wildman–Crippen LogP) is 2.11. The van der Waals surface area contributed by atoms with E-state index in [9.17, 15) is 9.59 Å². The van der Waals surface area contributed by atoms with Crippen molar-refractivity contribution >= 4 is 11.6 Å². The maximum absolute atomic E-state index is 11.8. The molecule has 0 fully saturated rings. The number of carbonyl (C=O) groups is 2. The van der Waals surface area contributed by atoms with Crippen molar-refractivity contribution in [3.63, 3.8) is 0 Å². The second-order valence-electron chi connectivity index (χ2n) is 4.73. The topological polar surface area (TPSA) is 68.9 Å². The normalized spacial score (nSPS) is 9.14. The first-order valence-corrected chi connectivity index (χ1v) is 6.32. The number of rotatable bonds is 3. The van der Waals surface area contributed by atoms with Crippen LogP contribution >= 0.6 is 0 Å². The molecule has 4 nitrogen and oxygen atoms in total. The van der Waals surface area contributed by atoms with Gasteiger partial charge in [-0.1, -0.05) is 60.7 Å². The van der Waals surface area contributed by atoms with E-state index in [1.54, 1.807) is 48.5 Å². The van der Waals surface area contributed by atoms with Crippen molar-refractivity contribution in [2.24, 2.45) is 0 Å². The minimum Gasteiger partial charge on any atom is -0.412 e. The summed E-state index contributed by atoms with van der Waals surface area (Å²) >= 11 is 0. The Kier molecular flexibility index (Phi) is 8.53. The SMILES string of the molecule is CN(C)C.O.O=C(C(=O)c1ccccc1)c1ccccc1. The molecule has 0 saturated heterocycles. The number of carbonyl (C=O) groups excluding carboxylic acids is 2. The molecular weight excluding hydrogens is 266 g/mol. The molecule has 0 aliphatic carbocycles. The van der Waals surface area contributed by atoms with Gasteiger partial charge in [0.1, 0.15) is 0 Å². The minimum absolute atomic E-state index is 0. The van der Waals surface area contributed by atoms with Crippen LogP contribution < -0.4 is 0 Å². The average molecular weight is 287 g/mol. The molecule has 0 atom stereocenters. The van der Waals surface area contributed by atoms with E-state index in [-0.39, 0.29) is 5.48 Å². The van der Waals surface area contributed by atoms with Gasteiger partial charge in [0.25, 0.3) is 0 Å². The number of hydrogen-bond acceptors (Lipinski definition) is 3. The fraction of sp³-hybridized carbons (Fsp3) is 0.176. The number of hydrogen-bond donors (Lipinski definition) is 0. The van der Waals surface area contributed by atoms with Crippen molar-refractivity contribution < 1.29 is 15.1 Å². The smallest absolute Gasteiger partial charge is 0.233 e. The lowest BCUT2D eigenvalue weighted by Gasteiger charge is -1.99. The molecule has 4 heteroatoms. The molecular formula is C17H21NO3. The summed E-state index contributed by atoms with van der Waals surface area (Å²) in [6.07, 6.45) is 0. The third-order valence-corrected chi connectivity index (χ3v) is 2.28. The van der Waals surface area contributed by atoms with Crippen LogP contribution in [0.3, 0.4) is 0 Å². The fourth-order valence-electron chi connectivity index (χ4n) is 1.44. The number of Topliss-reactive ketones (excluding diaryl/α,β-unsaturated/α-hetero) is 2. The summed E-state index contributed by atoms with van der Waals surface area (Å²) in [5.74, 6) is -0.932. The highest BCUT2D eigenvalue weighted by Gasteiger charge is 2.16. The molecule has 0 aliphatic rings. The Morgan fingerprint density at radius 2 is 0.905 bits per heavy atom. The number of ketones is 2. The molecule has 0 radical (unpaired) electrons. The summed E-state index contributed by atoms with van der Waals surface area (Å²) in [6.45, 7) is 0. The van der Waals surface area contributed by atoms with Crippen LogP contribution in [0.2, 0.25) is 0 Å². The highest BCUT2D eigenvalue weighted by Crippen LogP contribution is 2.07. The first-order valence-electron chi connectivity index (χ1n) is 6.32. The molecule has 2 aromatic rings. The largest absolute Gasteiger partial charge is 0.412 e. The van der Waals surface area contributed by atoms with Crippen molar-refractivity contribution in [2.75, 3.05) is 21.1 Å². The first kappa shape index (κ1) is 18.7. The summed E-state index contributed by atoms with van der Waals surface area (Å²) < 4.78 is 0. The van der Waals surface area contributed by atoms with E-state index in [0.717, 1.165) is 0 Å². The fourth-order valence-corrected chi connectivity index (χ4v) is 1.44. The minimum atomic E-state index is -0.466. The van der Waals surface area contributed by atoms with Gasteiger partial charge in [0.05, 0.1) is 0 Å². The van der Waals surface area contributed by atoms with Gasteiger partial charge in [0.2, 0.25) is 11.6 Å². The van der Waals surface area contributed by atoms with E-state index >= 15 is 0 Å². The molecule has 0 amide bonds. The van der Waals surface area contributed by atoms with Crippen molar-refractivity contribution in [1.29, 1.82) is 0 Å². The first-order chi connectivity index (χ1) is 9.52. The van der Waals surface area contributed by atoms with Crippen LogP contribution in [-0.4, -0.2) is 43.1 Å².